The van der Waals surface area contributed by atoms with Crippen molar-refractivity contribution in [2.75, 3.05) is 23.5 Å². The van der Waals surface area contributed by atoms with Crippen molar-refractivity contribution in [2.45, 2.75) is 11.4 Å². The predicted molar refractivity (Wildman–Crippen MR) is 110 cm³/mol. The topological polar surface area (TPSA) is 128 Å². The number of anilines is 2. The number of carbonyl (C=O) groups is 3. The molecule has 11 heteroatoms. The Hall–Kier alpha value is -3.73. The van der Waals surface area contributed by atoms with E-state index in [9.17, 15) is 14.4 Å². The number of nitrogens with zero attached hydrogens (tertiary/aromatic N) is 4. The van der Waals surface area contributed by atoms with Crippen molar-refractivity contribution in [3.63, 3.8) is 0 Å². The van der Waals surface area contributed by atoms with E-state index < -0.39 is 24.4 Å². The molecule has 3 aromatic rings. The molecule has 0 saturated carbocycles. The summed E-state index contributed by atoms with van der Waals surface area (Å²) in [7, 11) is 0. The lowest BCUT2D eigenvalue weighted by molar-refractivity contribution is -0.119. The third-order valence-electron chi connectivity index (χ3n) is 3.83. The SMILES string of the molecule is CSc1ccc(NC(=O)COC(=O)c2ccccc2NC(=O)Cn2cnnn2)cc1. The van der Waals surface area contributed by atoms with Crippen LogP contribution in [0.1, 0.15) is 10.4 Å². The Morgan fingerprint density at radius 3 is 2.50 bits per heavy atom. The van der Waals surface area contributed by atoms with E-state index in [-0.39, 0.29) is 17.8 Å². The van der Waals surface area contributed by atoms with Crippen molar-refractivity contribution in [3.05, 3.63) is 60.4 Å². The van der Waals surface area contributed by atoms with E-state index in [1.165, 1.54) is 17.1 Å². The summed E-state index contributed by atoms with van der Waals surface area (Å²) in [5.41, 5.74) is 0.984. The van der Waals surface area contributed by atoms with Gasteiger partial charge in [0.2, 0.25) is 5.91 Å². The maximum absolute atomic E-state index is 12.4. The third kappa shape index (κ3) is 5.88. The van der Waals surface area contributed by atoms with Crippen LogP contribution in [0.4, 0.5) is 11.4 Å². The van der Waals surface area contributed by atoms with Gasteiger partial charge in [-0.2, -0.15) is 0 Å². The average molecular weight is 426 g/mol. The summed E-state index contributed by atoms with van der Waals surface area (Å²) in [6.07, 6.45) is 3.26. The summed E-state index contributed by atoms with van der Waals surface area (Å²) in [5, 5.41) is 15.8. The van der Waals surface area contributed by atoms with Gasteiger partial charge >= 0.3 is 5.97 Å². The maximum Gasteiger partial charge on any atom is 0.340 e. The van der Waals surface area contributed by atoms with Gasteiger partial charge in [-0.15, -0.1) is 16.9 Å². The zero-order valence-corrected chi connectivity index (χ0v) is 16.8. The Balaban J connectivity index is 1.55. The minimum atomic E-state index is -0.735. The number of aromatic nitrogens is 4. The molecule has 0 fully saturated rings. The molecule has 2 amide bonds. The molecule has 1 heterocycles. The van der Waals surface area contributed by atoms with Crippen LogP contribution < -0.4 is 10.6 Å². The highest BCUT2D eigenvalue weighted by atomic mass is 32.2. The number of benzene rings is 2. The lowest BCUT2D eigenvalue weighted by Gasteiger charge is -2.11. The number of carbonyl (C=O) groups excluding carboxylic acids is 3. The highest BCUT2D eigenvalue weighted by molar-refractivity contribution is 7.98. The quantitative estimate of drug-likeness (QED) is 0.412. The van der Waals surface area contributed by atoms with Gasteiger partial charge in [0, 0.05) is 10.6 Å². The first-order valence-electron chi connectivity index (χ1n) is 8.76. The fourth-order valence-corrected chi connectivity index (χ4v) is 2.85. The van der Waals surface area contributed by atoms with E-state index in [2.05, 4.69) is 26.2 Å². The van der Waals surface area contributed by atoms with Crippen molar-refractivity contribution in [1.82, 2.24) is 20.2 Å². The molecule has 0 unspecified atom stereocenters. The van der Waals surface area contributed by atoms with Crippen molar-refractivity contribution in [1.29, 1.82) is 0 Å². The van der Waals surface area contributed by atoms with E-state index in [0.29, 0.717) is 5.69 Å². The second-order valence-electron chi connectivity index (χ2n) is 5.95. The first kappa shape index (κ1) is 21.0. The number of tetrazole rings is 1. The zero-order chi connectivity index (χ0) is 21.3. The van der Waals surface area contributed by atoms with Crippen LogP contribution in [0.25, 0.3) is 0 Å². The van der Waals surface area contributed by atoms with Crippen LogP contribution in [-0.4, -0.2) is 50.9 Å². The monoisotopic (exact) mass is 426 g/mol. The average Bonchev–Trinajstić information content (AvgIpc) is 3.26. The molecular weight excluding hydrogens is 408 g/mol. The molecule has 0 aliphatic rings. The molecule has 0 spiro atoms. The van der Waals surface area contributed by atoms with Gasteiger partial charge in [-0.1, -0.05) is 12.1 Å². The summed E-state index contributed by atoms with van der Waals surface area (Å²) >= 11 is 1.59. The van der Waals surface area contributed by atoms with Crippen molar-refractivity contribution in [3.8, 4) is 0 Å². The zero-order valence-electron chi connectivity index (χ0n) is 15.9. The second-order valence-corrected chi connectivity index (χ2v) is 6.83. The summed E-state index contributed by atoms with van der Waals surface area (Å²) < 4.78 is 6.33. The molecule has 3 rings (SSSR count). The number of para-hydroxylation sites is 1. The van der Waals surface area contributed by atoms with Gasteiger partial charge in [-0.3, -0.25) is 9.59 Å². The predicted octanol–water partition coefficient (Wildman–Crippen LogP) is 1.83. The molecule has 0 saturated heterocycles. The first-order valence-corrected chi connectivity index (χ1v) is 9.98. The summed E-state index contributed by atoms with van der Waals surface area (Å²) in [6.45, 7) is -0.579. The summed E-state index contributed by atoms with van der Waals surface area (Å²) in [6, 6.07) is 13.6. The normalized spacial score (nSPS) is 10.3. The standard InChI is InChI=1S/C19H18N6O4S/c1-30-14-8-6-13(7-9-14)21-18(27)11-29-19(28)15-4-2-3-5-16(15)22-17(26)10-25-12-20-23-24-25/h2-9,12H,10-11H2,1H3,(H,21,27)(H,22,26). The highest BCUT2D eigenvalue weighted by Gasteiger charge is 2.16. The number of hydrogen-bond acceptors (Lipinski definition) is 8. The summed E-state index contributed by atoms with van der Waals surface area (Å²) in [5.74, 6) is -1.63. The van der Waals surface area contributed by atoms with Crippen LogP contribution >= 0.6 is 11.8 Å². The van der Waals surface area contributed by atoms with Crippen LogP contribution in [0.3, 0.4) is 0 Å². The Morgan fingerprint density at radius 1 is 1.03 bits per heavy atom. The number of hydrogen-bond donors (Lipinski definition) is 2. The van der Waals surface area contributed by atoms with Gasteiger partial charge in [-0.05, 0) is 53.1 Å². The molecule has 0 radical (unpaired) electrons. The number of ether oxygens (including phenoxy) is 1. The van der Waals surface area contributed by atoms with E-state index in [1.807, 2.05) is 18.4 Å². The number of thioether (sulfide) groups is 1. The van der Waals surface area contributed by atoms with Gasteiger partial charge in [-0.25, -0.2) is 9.48 Å². The molecule has 0 bridgehead atoms. The van der Waals surface area contributed by atoms with Gasteiger partial charge in [0.1, 0.15) is 12.9 Å². The van der Waals surface area contributed by atoms with Crippen molar-refractivity contribution < 1.29 is 19.1 Å². The molecule has 154 valence electrons. The number of rotatable bonds is 8. The molecule has 0 aliphatic heterocycles. The Morgan fingerprint density at radius 2 is 1.80 bits per heavy atom. The molecular formula is C19H18N6O4S. The molecule has 0 atom stereocenters. The van der Waals surface area contributed by atoms with Crippen LogP contribution in [0.2, 0.25) is 0 Å². The van der Waals surface area contributed by atoms with E-state index in [4.69, 9.17) is 4.74 Å². The summed E-state index contributed by atoms with van der Waals surface area (Å²) in [4.78, 5) is 37.7. The smallest absolute Gasteiger partial charge is 0.340 e. The van der Waals surface area contributed by atoms with Crippen molar-refractivity contribution in [2.24, 2.45) is 0 Å². The molecule has 30 heavy (non-hydrogen) atoms. The minimum absolute atomic E-state index is 0.117. The van der Waals surface area contributed by atoms with E-state index in [1.54, 1.807) is 42.1 Å². The fourth-order valence-electron chi connectivity index (χ4n) is 2.44. The van der Waals surface area contributed by atoms with E-state index in [0.717, 1.165) is 4.90 Å². The van der Waals surface area contributed by atoms with E-state index >= 15 is 0 Å². The van der Waals surface area contributed by atoms with Gasteiger partial charge in [0.15, 0.2) is 6.61 Å². The third-order valence-corrected chi connectivity index (χ3v) is 4.57. The number of esters is 1. The fraction of sp³-hybridized carbons (Fsp3) is 0.158. The molecule has 2 N–H and O–H groups in total. The number of amides is 2. The van der Waals surface area contributed by atoms with Crippen LogP contribution in [-0.2, 0) is 20.9 Å². The first-order chi connectivity index (χ1) is 14.5. The minimum Gasteiger partial charge on any atom is -0.452 e. The maximum atomic E-state index is 12.4. The molecule has 1 aromatic heterocycles. The van der Waals surface area contributed by atoms with Crippen LogP contribution in [0.5, 0.6) is 0 Å². The van der Waals surface area contributed by atoms with Crippen molar-refractivity contribution >= 4 is 40.9 Å². The van der Waals surface area contributed by atoms with Crippen LogP contribution in [0, 0.1) is 0 Å². The molecule has 10 nitrogen and oxygen atoms in total. The van der Waals surface area contributed by atoms with Gasteiger partial charge < -0.3 is 15.4 Å². The Labute approximate surface area is 176 Å². The highest BCUT2D eigenvalue weighted by Crippen LogP contribution is 2.18. The number of nitrogens with one attached hydrogen (secondary N) is 2. The molecule has 0 aliphatic carbocycles. The van der Waals surface area contributed by atoms with Gasteiger partial charge in [0.25, 0.3) is 5.91 Å². The Kier molecular flexibility index (Phi) is 7.11. The lowest BCUT2D eigenvalue weighted by atomic mass is 10.2. The van der Waals surface area contributed by atoms with Crippen LogP contribution in [0.15, 0.2) is 59.8 Å². The van der Waals surface area contributed by atoms with Gasteiger partial charge in [0.05, 0.1) is 11.3 Å². The lowest BCUT2D eigenvalue weighted by Crippen LogP contribution is -2.23. The Bertz CT molecular complexity index is 1020. The molecule has 2 aromatic carbocycles. The largest absolute Gasteiger partial charge is 0.452 e. The second kappa shape index (κ2) is 10.2.